The zero-order chi connectivity index (χ0) is 21.3. The van der Waals surface area contributed by atoms with Crippen LogP contribution in [0.1, 0.15) is 35.3 Å². The van der Waals surface area contributed by atoms with Gasteiger partial charge in [-0.25, -0.2) is 9.78 Å². The molecule has 0 aliphatic carbocycles. The van der Waals surface area contributed by atoms with Crippen molar-refractivity contribution in [3.8, 4) is 0 Å². The van der Waals surface area contributed by atoms with Crippen LogP contribution in [-0.2, 0) is 11.2 Å². The Labute approximate surface area is 177 Å². The zero-order valence-corrected chi connectivity index (χ0v) is 17.8. The lowest BCUT2D eigenvalue weighted by Crippen LogP contribution is -2.49. The molecular formula is C23H28N4O3. The van der Waals surface area contributed by atoms with Crippen LogP contribution in [0, 0.1) is 6.92 Å². The van der Waals surface area contributed by atoms with Crippen molar-refractivity contribution in [2.24, 2.45) is 0 Å². The predicted molar refractivity (Wildman–Crippen MR) is 116 cm³/mol. The zero-order valence-electron chi connectivity index (χ0n) is 17.8. The molecule has 1 aromatic heterocycles. The van der Waals surface area contributed by atoms with E-state index in [1.54, 1.807) is 17.0 Å². The Morgan fingerprint density at radius 2 is 1.87 bits per heavy atom. The second-order valence-corrected chi connectivity index (χ2v) is 7.97. The number of aryl methyl sites for hydroxylation is 2. The number of rotatable bonds is 4. The fourth-order valence-electron chi connectivity index (χ4n) is 4.05. The number of piperazine rings is 1. The summed E-state index contributed by atoms with van der Waals surface area (Å²) in [4.78, 5) is 35.2. The van der Waals surface area contributed by atoms with Gasteiger partial charge < -0.3 is 14.5 Å². The van der Waals surface area contributed by atoms with Gasteiger partial charge in [0.05, 0.1) is 6.54 Å². The summed E-state index contributed by atoms with van der Waals surface area (Å²) >= 11 is 0. The Bertz CT molecular complexity index is 936. The van der Waals surface area contributed by atoms with E-state index in [1.165, 1.54) is 11.1 Å². The van der Waals surface area contributed by atoms with Gasteiger partial charge in [0, 0.05) is 43.6 Å². The first-order valence-corrected chi connectivity index (χ1v) is 10.5. The van der Waals surface area contributed by atoms with Gasteiger partial charge in [-0.1, -0.05) is 13.0 Å². The minimum atomic E-state index is -0.339. The largest absolute Gasteiger partial charge is 0.444 e. The molecule has 2 aliphatic rings. The van der Waals surface area contributed by atoms with Crippen molar-refractivity contribution in [3.05, 3.63) is 53.2 Å². The van der Waals surface area contributed by atoms with Crippen molar-refractivity contribution in [2.75, 3.05) is 42.5 Å². The number of hydrogen-bond acceptors (Lipinski definition) is 5. The number of pyridine rings is 1. The van der Waals surface area contributed by atoms with Crippen molar-refractivity contribution >= 4 is 23.5 Å². The molecule has 2 amide bonds. The molecule has 2 fully saturated rings. The third-order valence-electron chi connectivity index (χ3n) is 5.77. The summed E-state index contributed by atoms with van der Waals surface area (Å²) in [6.45, 7) is 9.47. The van der Waals surface area contributed by atoms with Crippen molar-refractivity contribution in [3.63, 3.8) is 0 Å². The molecule has 1 aromatic carbocycles. The molecule has 0 bridgehead atoms. The minimum Gasteiger partial charge on any atom is -0.444 e. The van der Waals surface area contributed by atoms with Crippen molar-refractivity contribution < 1.29 is 14.3 Å². The van der Waals surface area contributed by atoms with Crippen LogP contribution in [0.4, 0.5) is 16.3 Å². The molecule has 1 unspecified atom stereocenters. The van der Waals surface area contributed by atoms with Crippen LogP contribution in [0.2, 0.25) is 0 Å². The SMILES string of the molecule is CCc1cnc(N2CCN(C(=O)c3ccc(N4CC(C)OC4=O)cc3)CC2)c(C)c1. The maximum atomic E-state index is 12.9. The lowest BCUT2D eigenvalue weighted by Gasteiger charge is -2.36. The Kier molecular flexibility index (Phi) is 5.61. The van der Waals surface area contributed by atoms with Gasteiger partial charge in [0.2, 0.25) is 0 Å². The van der Waals surface area contributed by atoms with Gasteiger partial charge in [0.15, 0.2) is 0 Å². The van der Waals surface area contributed by atoms with E-state index < -0.39 is 0 Å². The fourth-order valence-corrected chi connectivity index (χ4v) is 4.05. The Hall–Kier alpha value is -3.09. The molecule has 2 aromatic rings. The lowest BCUT2D eigenvalue weighted by atomic mass is 10.1. The van der Waals surface area contributed by atoms with Gasteiger partial charge in [-0.05, 0) is 55.7 Å². The molecule has 4 rings (SSSR count). The lowest BCUT2D eigenvalue weighted by molar-refractivity contribution is 0.0746. The van der Waals surface area contributed by atoms with Crippen LogP contribution >= 0.6 is 0 Å². The molecule has 3 heterocycles. The number of carbonyl (C=O) groups excluding carboxylic acids is 2. The standard InChI is InChI=1S/C23H28N4O3/c1-4-18-13-16(2)21(24-14-18)25-9-11-26(12-10-25)22(28)19-5-7-20(8-6-19)27-15-17(3)30-23(27)29/h5-8,13-14,17H,4,9-12,15H2,1-3H3. The molecule has 2 aliphatic heterocycles. The summed E-state index contributed by atoms with van der Waals surface area (Å²) in [5.41, 5.74) is 3.81. The monoisotopic (exact) mass is 408 g/mol. The number of ether oxygens (including phenoxy) is 1. The van der Waals surface area contributed by atoms with E-state index >= 15 is 0 Å². The van der Waals surface area contributed by atoms with Gasteiger partial charge in [-0.2, -0.15) is 0 Å². The predicted octanol–water partition coefficient (Wildman–Crippen LogP) is 3.26. The third-order valence-corrected chi connectivity index (χ3v) is 5.77. The van der Waals surface area contributed by atoms with Crippen molar-refractivity contribution in [1.29, 1.82) is 0 Å². The molecular weight excluding hydrogens is 380 g/mol. The van der Waals surface area contributed by atoms with E-state index in [9.17, 15) is 9.59 Å². The third kappa shape index (κ3) is 3.97. The van der Waals surface area contributed by atoms with E-state index in [0.29, 0.717) is 25.2 Å². The normalized spacial score (nSPS) is 19.2. The summed E-state index contributed by atoms with van der Waals surface area (Å²) in [5, 5.41) is 0. The molecule has 158 valence electrons. The highest BCUT2D eigenvalue weighted by atomic mass is 16.6. The molecule has 2 saturated heterocycles. The average molecular weight is 409 g/mol. The molecule has 7 heteroatoms. The number of aromatic nitrogens is 1. The maximum absolute atomic E-state index is 12.9. The first-order valence-electron chi connectivity index (χ1n) is 10.5. The van der Waals surface area contributed by atoms with Crippen molar-refractivity contribution in [2.45, 2.75) is 33.3 Å². The van der Waals surface area contributed by atoms with E-state index in [-0.39, 0.29) is 18.1 Å². The number of benzene rings is 1. The molecule has 0 N–H and O–H groups in total. The average Bonchev–Trinajstić information content (AvgIpc) is 3.11. The number of anilines is 2. The van der Waals surface area contributed by atoms with Crippen molar-refractivity contribution in [1.82, 2.24) is 9.88 Å². The van der Waals surface area contributed by atoms with Crippen LogP contribution in [-0.4, -0.2) is 60.7 Å². The number of hydrogen-bond donors (Lipinski definition) is 0. The number of carbonyl (C=O) groups is 2. The molecule has 0 saturated carbocycles. The minimum absolute atomic E-state index is 0.0181. The highest BCUT2D eigenvalue weighted by Crippen LogP contribution is 2.23. The molecule has 7 nitrogen and oxygen atoms in total. The summed E-state index contributed by atoms with van der Waals surface area (Å²) in [5.74, 6) is 1.03. The van der Waals surface area contributed by atoms with Crippen LogP contribution in [0.5, 0.6) is 0 Å². The Morgan fingerprint density at radius 1 is 1.17 bits per heavy atom. The van der Waals surface area contributed by atoms with Crippen LogP contribution in [0.15, 0.2) is 36.5 Å². The van der Waals surface area contributed by atoms with E-state index in [0.717, 1.165) is 31.0 Å². The van der Waals surface area contributed by atoms with E-state index in [4.69, 9.17) is 4.74 Å². The van der Waals surface area contributed by atoms with Crippen LogP contribution in [0.3, 0.4) is 0 Å². The van der Waals surface area contributed by atoms with E-state index in [2.05, 4.69) is 29.8 Å². The summed E-state index contributed by atoms with van der Waals surface area (Å²) in [7, 11) is 0. The second-order valence-electron chi connectivity index (χ2n) is 7.97. The van der Waals surface area contributed by atoms with Gasteiger partial charge in [0.25, 0.3) is 5.91 Å². The van der Waals surface area contributed by atoms with E-state index in [1.807, 2.05) is 30.2 Å². The quantitative estimate of drug-likeness (QED) is 0.777. The topological polar surface area (TPSA) is 66.0 Å². The highest BCUT2D eigenvalue weighted by Gasteiger charge is 2.29. The summed E-state index contributed by atoms with van der Waals surface area (Å²) in [6, 6.07) is 9.39. The van der Waals surface area contributed by atoms with Gasteiger partial charge in [-0.3, -0.25) is 9.69 Å². The molecule has 0 spiro atoms. The van der Waals surface area contributed by atoms with Gasteiger partial charge in [0.1, 0.15) is 11.9 Å². The smallest absolute Gasteiger partial charge is 0.414 e. The Morgan fingerprint density at radius 3 is 2.43 bits per heavy atom. The maximum Gasteiger partial charge on any atom is 0.414 e. The molecule has 1 atom stereocenters. The second kappa shape index (κ2) is 8.34. The van der Waals surface area contributed by atoms with Gasteiger partial charge >= 0.3 is 6.09 Å². The van der Waals surface area contributed by atoms with Crippen LogP contribution in [0.25, 0.3) is 0 Å². The number of nitrogens with zero attached hydrogens (tertiary/aromatic N) is 4. The Balaban J connectivity index is 1.38. The van der Waals surface area contributed by atoms with Crippen LogP contribution < -0.4 is 9.80 Å². The van der Waals surface area contributed by atoms with Gasteiger partial charge in [-0.15, -0.1) is 0 Å². The summed E-state index contributed by atoms with van der Waals surface area (Å²) in [6.07, 6.45) is 2.46. The fraction of sp³-hybridized carbons (Fsp3) is 0.435. The summed E-state index contributed by atoms with van der Waals surface area (Å²) < 4.78 is 5.17. The highest BCUT2D eigenvalue weighted by molar-refractivity contribution is 5.96. The molecule has 30 heavy (non-hydrogen) atoms. The first-order chi connectivity index (χ1) is 14.5. The molecule has 0 radical (unpaired) electrons. The first kappa shape index (κ1) is 20.2. The number of cyclic esters (lactones) is 1. The number of amides is 2.